The van der Waals surface area contributed by atoms with Crippen LogP contribution in [-0.2, 0) is 9.59 Å². The number of nitrogens with one attached hydrogen (secondary N) is 1. The van der Waals surface area contributed by atoms with Crippen LogP contribution in [0.1, 0.15) is 79.1 Å². The molecule has 2 heterocycles. The number of likely N-dealkylation sites (tertiary alicyclic amines) is 1. The van der Waals surface area contributed by atoms with Crippen molar-refractivity contribution in [2.45, 2.75) is 91.1 Å². The Bertz CT molecular complexity index is 645. The highest BCUT2D eigenvalue weighted by Crippen LogP contribution is 2.46. The minimum absolute atomic E-state index is 0.127. The van der Waals surface area contributed by atoms with Crippen LogP contribution in [0.25, 0.3) is 0 Å². The van der Waals surface area contributed by atoms with Crippen molar-refractivity contribution in [3.63, 3.8) is 0 Å². The Labute approximate surface area is 202 Å². The monoisotopic (exact) mass is 462 g/mol. The van der Waals surface area contributed by atoms with Crippen molar-refractivity contribution in [3.8, 4) is 0 Å². The van der Waals surface area contributed by atoms with Crippen LogP contribution >= 0.6 is 0 Å². The number of nitrogens with zero attached hydrogens (tertiary/aromatic N) is 3. The average molecular weight is 463 g/mol. The molecule has 2 amide bonds. The van der Waals surface area contributed by atoms with Crippen LogP contribution in [0.2, 0.25) is 0 Å². The van der Waals surface area contributed by atoms with Gasteiger partial charge in [0.05, 0.1) is 6.04 Å². The molecule has 190 valence electrons. The summed E-state index contributed by atoms with van der Waals surface area (Å²) >= 11 is 0. The first-order chi connectivity index (χ1) is 15.6. The molecule has 2 saturated heterocycles. The quantitative estimate of drug-likeness (QED) is 0.599. The third-order valence-corrected chi connectivity index (χ3v) is 8.31. The second-order valence-electron chi connectivity index (χ2n) is 12.3. The highest BCUT2D eigenvalue weighted by molar-refractivity contribution is 5.90. The van der Waals surface area contributed by atoms with Gasteiger partial charge in [-0.25, -0.2) is 0 Å². The van der Waals surface area contributed by atoms with E-state index in [4.69, 9.17) is 0 Å². The molecule has 3 rings (SSSR count). The van der Waals surface area contributed by atoms with Gasteiger partial charge in [0.1, 0.15) is 6.04 Å². The van der Waals surface area contributed by atoms with Crippen molar-refractivity contribution in [3.05, 3.63) is 0 Å². The van der Waals surface area contributed by atoms with E-state index in [-0.39, 0.29) is 23.9 Å². The fourth-order valence-corrected chi connectivity index (χ4v) is 6.43. The average Bonchev–Trinajstić information content (AvgIpc) is 2.75. The van der Waals surface area contributed by atoms with Gasteiger partial charge in [-0.15, -0.1) is 0 Å². The summed E-state index contributed by atoms with van der Waals surface area (Å²) in [7, 11) is 4.35. The standard InChI is InChI=1S/C27H50N4O2/c1-20(2)17-23-25(32)31(16-13-28-23)24(18-21(3)4)26(33)30-14-11-27(12-15-30)9-7-22(8-10-27)19-29(5)6/h20-24,28H,7-19H2,1-6H3/t23-,24-/m0/s1. The Kier molecular flexibility index (Phi) is 9.24. The third kappa shape index (κ3) is 6.94. The van der Waals surface area contributed by atoms with E-state index in [1.165, 1.54) is 32.2 Å². The van der Waals surface area contributed by atoms with Crippen molar-refractivity contribution < 1.29 is 9.59 Å². The topological polar surface area (TPSA) is 55.9 Å². The van der Waals surface area contributed by atoms with Gasteiger partial charge in [-0.2, -0.15) is 0 Å². The molecule has 1 saturated carbocycles. The molecular formula is C27H50N4O2. The molecule has 3 aliphatic rings. The Morgan fingerprint density at radius 2 is 1.67 bits per heavy atom. The summed E-state index contributed by atoms with van der Waals surface area (Å²) in [5.74, 6) is 1.99. The van der Waals surface area contributed by atoms with E-state index >= 15 is 0 Å². The molecule has 0 aromatic carbocycles. The molecule has 0 unspecified atom stereocenters. The Hall–Kier alpha value is -1.14. The molecule has 0 radical (unpaired) electrons. The molecule has 1 spiro atoms. The van der Waals surface area contributed by atoms with Crippen LogP contribution in [-0.4, -0.2) is 85.4 Å². The maximum Gasteiger partial charge on any atom is 0.245 e. The molecule has 0 aromatic heterocycles. The number of rotatable bonds is 8. The van der Waals surface area contributed by atoms with Crippen molar-refractivity contribution in [1.82, 2.24) is 20.0 Å². The number of piperazine rings is 1. The fourth-order valence-electron chi connectivity index (χ4n) is 6.43. The lowest BCUT2D eigenvalue weighted by atomic mass is 9.65. The van der Waals surface area contributed by atoms with Crippen molar-refractivity contribution in [2.75, 3.05) is 46.8 Å². The summed E-state index contributed by atoms with van der Waals surface area (Å²) in [4.78, 5) is 33.4. The van der Waals surface area contributed by atoms with Crippen LogP contribution in [0.4, 0.5) is 0 Å². The van der Waals surface area contributed by atoms with E-state index in [1.807, 2.05) is 4.90 Å². The summed E-state index contributed by atoms with van der Waals surface area (Å²) in [6.45, 7) is 13.0. The van der Waals surface area contributed by atoms with Gasteiger partial charge in [-0.1, -0.05) is 27.7 Å². The Morgan fingerprint density at radius 3 is 2.21 bits per heavy atom. The van der Waals surface area contributed by atoms with E-state index in [9.17, 15) is 9.59 Å². The molecular weight excluding hydrogens is 412 g/mol. The summed E-state index contributed by atoms with van der Waals surface area (Å²) in [6, 6.07) is -0.456. The van der Waals surface area contributed by atoms with Crippen LogP contribution < -0.4 is 5.32 Å². The lowest BCUT2D eigenvalue weighted by molar-refractivity contribution is -0.151. The lowest BCUT2D eigenvalue weighted by Crippen LogP contribution is -2.62. The highest BCUT2D eigenvalue weighted by atomic mass is 16.2. The molecule has 33 heavy (non-hydrogen) atoms. The predicted octanol–water partition coefficient (Wildman–Crippen LogP) is 3.61. The van der Waals surface area contributed by atoms with Crippen LogP contribution in [0, 0.1) is 23.2 Å². The Morgan fingerprint density at radius 1 is 1.03 bits per heavy atom. The van der Waals surface area contributed by atoms with E-state index < -0.39 is 0 Å². The highest BCUT2D eigenvalue weighted by Gasteiger charge is 2.42. The first-order valence-electron chi connectivity index (χ1n) is 13.6. The zero-order chi connectivity index (χ0) is 24.2. The lowest BCUT2D eigenvalue weighted by Gasteiger charge is -2.48. The molecule has 0 bridgehead atoms. The van der Waals surface area contributed by atoms with Gasteiger partial charge in [-0.3, -0.25) is 9.59 Å². The minimum atomic E-state index is -0.306. The van der Waals surface area contributed by atoms with Gasteiger partial charge in [0.2, 0.25) is 11.8 Å². The molecule has 1 N–H and O–H groups in total. The molecule has 2 aliphatic heterocycles. The summed E-state index contributed by atoms with van der Waals surface area (Å²) < 4.78 is 0. The maximum atomic E-state index is 13.8. The van der Waals surface area contributed by atoms with Gasteiger partial charge in [0.15, 0.2) is 0 Å². The first-order valence-corrected chi connectivity index (χ1v) is 13.6. The number of hydrogen-bond donors (Lipinski definition) is 1. The normalized spacial score (nSPS) is 25.5. The number of hydrogen-bond acceptors (Lipinski definition) is 4. The van der Waals surface area contributed by atoms with Crippen LogP contribution in [0.5, 0.6) is 0 Å². The van der Waals surface area contributed by atoms with Crippen LogP contribution in [0.3, 0.4) is 0 Å². The first kappa shape index (κ1) is 26.5. The number of amides is 2. The van der Waals surface area contributed by atoms with Gasteiger partial charge < -0.3 is 20.0 Å². The largest absolute Gasteiger partial charge is 0.341 e. The molecule has 1 aliphatic carbocycles. The van der Waals surface area contributed by atoms with E-state index in [2.05, 4.69) is 56.9 Å². The SMILES string of the molecule is CC(C)C[C@@H]1NCCN([C@@H](CC(C)C)C(=O)N2CCC3(CCC(CN(C)C)CC3)CC2)C1=O. The van der Waals surface area contributed by atoms with Crippen molar-refractivity contribution >= 4 is 11.8 Å². The van der Waals surface area contributed by atoms with Crippen molar-refractivity contribution in [1.29, 1.82) is 0 Å². The zero-order valence-electron chi connectivity index (χ0n) is 22.2. The number of piperidine rings is 1. The van der Waals surface area contributed by atoms with E-state index in [1.54, 1.807) is 0 Å². The number of carbonyl (C=O) groups is 2. The Balaban J connectivity index is 1.61. The maximum absolute atomic E-state index is 13.8. The smallest absolute Gasteiger partial charge is 0.245 e. The van der Waals surface area contributed by atoms with Crippen LogP contribution in [0.15, 0.2) is 0 Å². The number of carbonyl (C=O) groups excluding carboxylic acids is 2. The van der Waals surface area contributed by atoms with Gasteiger partial charge >= 0.3 is 0 Å². The van der Waals surface area contributed by atoms with Gasteiger partial charge in [-0.05, 0) is 88.6 Å². The zero-order valence-corrected chi connectivity index (χ0v) is 22.2. The summed E-state index contributed by atoms with van der Waals surface area (Å²) in [5, 5.41) is 3.39. The molecule has 6 nitrogen and oxygen atoms in total. The predicted molar refractivity (Wildman–Crippen MR) is 135 cm³/mol. The summed E-state index contributed by atoms with van der Waals surface area (Å²) in [6.07, 6.45) is 9.14. The second-order valence-corrected chi connectivity index (χ2v) is 12.3. The van der Waals surface area contributed by atoms with E-state index in [0.717, 1.165) is 51.2 Å². The van der Waals surface area contributed by atoms with Gasteiger partial charge in [0.25, 0.3) is 0 Å². The molecule has 3 fully saturated rings. The summed E-state index contributed by atoms with van der Waals surface area (Å²) in [5.41, 5.74) is 0.445. The third-order valence-electron chi connectivity index (χ3n) is 8.31. The minimum Gasteiger partial charge on any atom is -0.341 e. The van der Waals surface area contributed by atoms with Gasteiger partial charge in [0, 0.05) is 32.7 Å². The molecule has 6 heteroatoms. The molecule has 2 atom stereocenters. The fraction of sp³-hybridized carbons (Fsp3) is 0.926. The van der Waals surface area contributed by atoms with E-state index in [0.29, 0.717) is 23.8 Å². The van der Waals surface area contributed by atoms with Crippen molar-refractivity contribution in [2.24, 2.45) is 23.2 Å². The second kappa shape index (κ2) is 11.5. The molecule has 0 aromatic rings.